The minimum atomic E-state index is 0.0413. The Labute approximate surface area is 125 Å². The van der Waals surface area contributed by atoms with Gasteiger partial charge in [-0.1, -0.05) is 53.6 Å². The maximum absolute atomic E-state index is 6.03. The van der Waals surface area contributed by atoms with Gasteiger partial charge in [-0.05, 0) is 37.2 Å². The largest absolute Gasteiger partial charge is 0.368 e. The molecule has 0 aliphatic rings. The third-order valence-electron chi connectivity index (χ3n) is 3.18. The van der Waals surface area contributed by atoms with Crippen LogP contribution in [0.25, 0.3) is 0 Å². The Kier molecular flexibility index (Phi) is 5.60. The van der Waals surface area contributed by atoms with Crippen molar-refractivity contribution in [3.05, 3.63) is 70.2 Å². The van der Waals surface area contributed by atoms with Gasteiger partial charge in [0.25, 0.3) is 0 Å². The zero-order valence-corrected chi connectivity index (χ0v) is 12.7. The minimum Gasteiger partial charge on any atom is -0.368 e. The summed E-state index contributed by atoms with van der Waals surface area (Å²) in [6, 6.07) is 16.2. The number of benzene rings is 2. The molecule has 0 bridgehead atoms. The van der Waals surface area contributed by atoms with Gasteiger partial charge in [0.1, 0.15) is 0 Å². The van der Waals surface area contributed by atoms with Crippen molar-refractivity contribution in [1.82, 2.24) is 5.32 Å². The zero-order chi connectivity index (χ0) is 14.4. The second-order valence-electron chi connectivity index (χ2n) is 4.90. The van der Waals surface area contributed by atoms with Gasteiger partial charge in [-0.15, -0.1) is 0 Å². The first-order chi connectivity index (χ1) is 9.69. The highest BCUT2D eigenvalue weighted by atomic mass is 35.5. The van der Waals surface area contributed by atoms with Gasteiger partial charge in [-0.25, -0.2) is 0 Å². The van der Waals surface area contributed by atoms with Gasteiger partial charge >= 0.3 is 0 Å². The Bertz CT molecular complexity index is 539. The van der Waals surface area contributed by atoms with Crippen LogP contribution in [-0.2, 0) is 11.3 Å². The lowest BCUT2D eigenvalue weighted by Gasteiger charge is -2.18. The third kappa shape index (κ3) is 4.34. The van der Waals surface area contributed by atoms with Gasteiger partial charge in [0.15, 0.2) is 0 Å². The molecule has 0 aliphatic carbocycles. The molecule has 0 spiro atoms. The first kappa shape index (κ1) is 15.0. The Morgan fingerprint density at radius 3 is 2.55 bits per heavy atom. The predicted molar refractivity (Wildman–Crippen MR) is 84.1 cm³/mol. The molecule has 3 heteroatoms. The van der Waals surface area contributed by atoms with E-state index in [0.29, 0.717) is 6.61 Å². The van der Waals surface area contributed by atoms with E-state index in [1.807, 2.05) is 31.3 Å². The van der Waals surface area contributed by atoms with Gasteiger partial charge < -0.3 is 10.1 Å². The summed E-state index contributed by atoms with van der Waals surface area (Å²) in [7, 11) is 1.93. The summed E-state index contributed by atoms with van der Waals surface area (Å²) in [5, 5.41) is 3.92. The highest BCUT2D eigenvalue weighted by Gasteiger charge is 2.11. The monoisotopic (exact) mass is 289 g/mol. The molecule has 0 fully saturated rings. The van der Waals surface area contributed by atoms with Crippen LogP contribution >= 0.6 is 11.6 Å². The Balaban J connectivity index is 2.04. The van der Waals surface area contributed by atoms with Crippen molar-refractivity contribution in [2.45, 2.75) is 19.6 Å². The summed E-state index contributed by atoms with van der Waals surface area (Å²) in [6.45, 7) is 3.42. The highest BCUT2D eigenvalue weighted by molar-refractivity contribution is 6.30. The number of halogens is 1. The number of rotatable bonds is 6. The van der Waals surface area contributed by atoms with E-state index in [1.165, 1.54) is 11.1 Å². The van der Waals surface area contributed by atoms with Crippen LogP contribution in [0.5, 0.6) is 0 Å². The molecule has 0 heterocycles. The fourth-order valence-corrected chi connectivity index (χ4v) is 2.28. The van der Waals surface area contributed by atoms with Crippen molar-refractivity contribution >= 4 is 11.6 Å². The predicted octanol–water partition coefficient (Wildman–Crippen LogP) is 4.13. The van der Waals surface area contributed by atoms with Gasteiger partial charge in [0.2, 0.25) is 0 Å². The lowest BCUT2D eigenvalue weighted by Crippen LogP contribution is -2.19. The summed E-state index contributed by atoms with van der Waals surface area (Å²) in [5.74, 6) is 0. The fourth-order valence-electron chi connectivity index (χ4n) is 2.06. The molecule has 2 nitrogen and oxygen atoms in total. The Morgan fingerprint density at radius 1 is 1.15 bits per heavy atom. The Hall–Kier alpha value is -1.35. The van der Waals surface area contributed by atoms with Crippen molar-refractivity contribution in [2.75, 3.05) is 13.6 Å². The molecular weight excluding hydrogens is 270 g/mol. The molecule has 0 saturated carbocycles. The molecule has 2 rings (SSSR count). The smallest absolute Gasteiger partial charge is 0.0953 e. The highest BCUT2D eigenvalue weighted by Crippen LogP contribution is 2.20. The molecule has 0 aromatic heterocycles. The van der Waals surface area contributed by atoms with Crippen molar-refractivity contribution < 1.29 is 4.74 Å². The number of hydrogen-bond acceptors (Lipinski definition) is 2. The third-order valence-corrected chi connectivity index (χ3v) is 3.41. The summed E-state index contributed by atoms with van der Waals surface area (Å²) in [4.78, 5) is 0. The van der Waals surface area contributed by atoms with E-state index < -0.39 is 0 Å². The zero-order valence-electron chi connectivity index (χ0n) is 11.9. The van der Waals surface area contributed by atoms with Gasteiger partial charge in [-0.3, -0.25) is 0 Å². The van der Waals surface area contributed by atoms with Crippen LogP contribution in [-0.4, -0.2) is 13.6 Å². The van der Waals surface area contributed by atoms with Crippen LogP contribution in [0, 0.1) is 6.92 Å². The Morgan fingerprint density at radius 2 is 1.90 bits per heavy atom. The molecule has 1 N–H and O–H groups in total. The van der Waals surface area contributed by atoms with Crippen LogP contribution in [0.15, 0.2) is 48.5 Å². The average Bonchev–Trinajstić information content (AvgIpc) is 2.44. The number of ether oxygens (including phenoxy) is 1. The lowest BCUT2D eigenvalue weighted by molar-refractivity contribution is 0.0410. The normalized spacial score (nSPS) is 12.3. The molecule has 2 aromatic rings. The van der Waals surface area contributed by atoms with Crippen molar-refractivity contribution in [1.29, 1.82) is 0 Å². The molecule has 1 atom stereocenters. The molecule has 0 aliphatic heterocycles. The summed E-state index contributed by atoms with van der Waals surface area (Å²) >= 11 is 5.99. The van der Waals surface area contributed by atoms with Crippen LogP contribution < -0.4 is 5.32 Å². The number of likely N-dealkylation sites (N-methyl/N-ethyl adjacent to an activating group) is 1. The lowest BCUT2D eigenvalue weighted by atomic mass is 10.1. The van der Waals surface area contributed by atoms with E-state index in [1.54, 1.807) is 0 Å². The van der Waals surface area contributed by atoms with E-state index in [-0.39, 0.29) is 6.10 Å². The van der Waals surface area contributed by atoms with Crippen LogP contribution in [0.1, 0.15) is 22.8 Å². The molecular formula is C17H20ClNO. The quantitative estimate of drug-likeness (QED) is 0.863. The van der Waals surface area contributed by atoms with Crippen molar-refractivity contribution in [2.24, 2.45) is 0 Å². The average molecular weight is 290 g/mol. The van der Waals surface area contributed by atoms with Gasteiger partial charge in [0, 0.05) is 11.6 Å². The van der Waals surface area contributed by atoms with E-state index in [4.69, 9.17) is 16.3 Å². The second kappa shape index (κ2) is 7.44. The summed E-state index contributed by atoms with van der Waals surface area (Å²) in [6.07, 6.45) is 0.0413. The van der Waals surface area contributed by atoms with Crippen molar-refractivity contribution in [3.8, 4) is 0 Å². The fraction of sp³-hybridized carbons (Fsp3) is 0.294. The number of aryl methyl sites for hydroxylation is 1. The standard InChI is InChI=1S/C17H20ClNO/c1-13-6-8-15(9-7-13)17(11-19-2)20-12-14-4-3-5-16(18)10-14/h3-10,17,19H,11-12H2,1-2H3. The van der Waals surface area contributed by atoms with Crippen molar-refractivity contribution in [3.63, 3.8) is 0 Å². The molecule has 1 unspecified atom stereocenters. The van der Waals surface area contributed by atoms with Crippen LogP contribution in [0.3, 0.4) is 0 Å². The number of hydrogen-bond donors (Lipinski definition) is 1. The van der Waals surface area contributed by atoms with E-state index in [0.717, 1.165) is 17.1 Å². The van der Waals surface area contributed by atoms with E-state index in [2.05, 4.69) is 36.5 Å². The van der Waals surface area contributed by atoms with E-state index in [9.17, 15) is 0 Å². The first-order valence-corrected chi connectivity index (χ1v) is 7.14. The van der Waals surface area contributed by atoms with E-state index >= 15 is 0 Å². The van der Waals surface area contributed by atoms with Crippen LogP contribution in [0.4, 0.5) is 0 Å². The molecule has 0 saturated heterocycles. The summed E-state index contributed by atoms with van der Waals surface area (Å²) in [5.41, 5.74) is 3.53. The first-order valence-electron chi connectivity index (χ1n) is 6.76. The maximum Gasteiger partial charge on any atom is 0.0953 e. The molecule has 106 valence electrons. The molecule has 2 aromatic carbocycles. The molecule has 0 amide bonds. The number of nitrogens with one attached hydrogen (secondary N) is 1. The van der Waals surface area contributed by atoms with Gasteiger partial charge in [-0.2, -0.15) is 0 Å². The minimum absolute atomic E-state index is 0.0413. The molecule has 0 radical (unpaired) electrons. The van der Waals surface area contributed by atoms with Crippen LogP contribution in [0.2, 0.25) is 5.02 Å². The van der Waals surface area contributed by atoms with Gasteiger partial charge in [0.05, 0.1) is 12.7 Å². The SMILES string of the molecule is CNCC(OCc1cccc(Cl)c1)c1ccc(C)cc1. The second-order valence-corrected chi connectivity index (χ2v) is 5.33. The molecule has 20 heavy (non-hydrogen) atoms. The topological polar surface area (TPSA) is 21.3 Å². The summed E-state index contributed by atoms with van der Waals surface area (Å²) < 4.78 is 6.03. The maximum atomic E-state index is 6.03.